The molecule has 0 unspecified atom stereocenters. The minimum Gasteiger partial charge on any atom is -0.465 e. The van der Waals surface area contributed by atoms with Crippen molar-refractivity contribution < 1.29 is 23.9 Å². The first kappa shape index (κ1) is 21.8. The second-order valence-electron chi connectivity index (χ2n) is 5.70. The van der Waals surface area contributed by atoms with Crippen LogP contribution in [0.2, 0.25) is 5.02 Å². The molecule has 0 heterocycles. The molecule has 0 fully saturated rings. The predicted molar refractivity (Wildman–Crippen MR) is 109 cm³/mol. The molecule has 148 valence electrons. The van der Waals surface area contributed by atoms with Crippen LogP contribution in [-0.4, -0.2) is 37.3 Å². The fourth-order valence-corrected chi connectivity index (χ4v) is 3.47. The Bertz CT molecular complexity index is 869. The van der Waals surface area contributed by atoms with Gasteiger partial charge in [0.05, 0.1) is 36.3 Å². The van der Waals surface area contributed by atoms with Gasteiger partial charge in [-0.05, 0) is 48.9 Å². The van der Waals surface area contributed by atoms with Crippen molar-refractivity contribution in [1.82, 2.24) is 0 Å². The van der Waals surface area contributed by atoms with Crippen molar-refractivity contribution in [2.24, 2.45) is 0 Å². The van der Waals surface area contributed by atoms with Gasteiger partial charge in [-0.1, -0.05) is 18.5 Å². The van der Waals surface area contributed by atoms with Crippen LogP contribution in [0.1, 0.15) is 34.1 Å². The summed E-state index contributed by atoms with van der Waals surface area (Å²) in [5.41, 5.74) is 0.550. The molecule has 0 bridgehead atoms. The number of benzene rings is 2. The van der Waals surface area contributed by atoms with Crippen molar-refractivity contribution in [1.29, 1.82) is 0 Å². The molecule has 0 spiro atoms. The third-order valence-corrected chi connectivity index (χ3v) is 5.49. The highest BCUT2D eigenvalue weighted by Crippen LogP contribution is 2.28. The Hall–Kier alpha value is -2.51. The summed E-state index contributed by atoms with van der Waals surface area (Å²) in [4.78, 5) is 37.5. The average Bonchev–Trinajstić information content (AvgIpc) is 2.71. The Kier molecular flexibility index (Phi) is 7.90. The summed E-state index contributed by atoms with van der Waals surface area (Å²) in [5.74, 6) is -1.49. The highest BCUT2D eigenvalue weighted by molar-refractivity contribution is 8.00. The highest BCUT2D eigenvalue weighted by Gasteiger charge is 2.22. The van der Waals surface area contributed by atoms with E-state index in [1.54, 1.807) is 12.1 Å². The number of ether oxygens (including phenoxy) is 2. The molecule has 1 amide bonds. The van der Waals surface area contributed by atoms with Crippen LogP contribution in [0.4, 0.5) is 5.69 Å². The molecule has 2 rings (SSSR count). The van der Waals surface area contributed by atoms with Crippen molar-refractivity contribution >= 4 is 46.9 Å². The number of methoxy groups -OCH3 is 2. The van der Waals surface area contributed by atoms with Crippen LogP contribution in [0.5, 0.6) is 0 Å². The van der Waals surface area contributed by atoms with Crippen LogP contribution in [0, 0.1) is 0 Å². The number of hydrogen-bond donors (Lipinski definition) is 1. The van der Waals surface area contributed by atoms with Crippen molar-refractivity contribution in [2.45, 2.75) is 23.5 Å². The van der Waals surface area contributed by atoms with Gasteiger partial charge in [0.15, 0.2) is 0 Å². The van der Waals surface area contributed by atoms with E-state index in [9.17, 15) is 14.4 Å². The molecule has 28 heavy (non-hydrogen) atoms. The van der Waals surface area contributed by atoms with Crippen LogP contribution in [-0.2, 0) is 14.3 Å². The molecular formula is C20H20ClNO5S. The van der Waals surface area contributed by atoms with Crippen LogP contribution in [0.25, 0.3) is 0 Å². The normalized spacial score (nSPS) is 11.4. The lowest BCUT2D eigenvalue weighted by atomic mass is 10.1. The van der Waals surface area contributed by atoms with Gasteiger partial charge < -0.3 is 14.8 Å². The number of carbonyl (C=O) groups is 3. The van der Waals surface area contributed by atoms with Gasteiger partial charge in [-0.2, -0.15) is 0 Å². The van der Waals surface area contributed by atoms with Gasteiger partial charge in [-0.15, -0.1) is 11.8 Å². The molecule has 0 radical (unpaired) electrons. The van der Waals surface area contributed by atoms with E-state index >= 15 is 0 Å². The molecule has 0 aliphatic rings. The molecule has 0 aromatic heterocycles. The van der Waals surface area contributed by atoms with E-state index in [1.165, 1.54) is 44.2 Å². The molecule has 2 aromatic carbocycles. The van der Waals surface area contributed by atoms with E-state index in [-0.39, 0.29) is 22.7 Å². The van der Waals surface area contributed by atoms with E-state index in [4.69, 9.17) is 21.1 Å². The molecule has 1 atom stereocenters. The number of nitrogens with one attached hydrogen (secondary N) is 1. The average molecular weight is 422 g/mol. The summed E-state index contributed by atoms with van der Waals surface area (Å²) in [5, 5.41) is 2.94. The first-order valence-corrected chi connectivity index (χ1v) is 9.69. The second-order valence-corrected chi connectivity index (χ2v) is 7.41. The SMILES string of the molecule is CC[C@H](Sc1ccc(Cl)cc1)C(=O)Nc1cc(C(=O)OC)ccc1C(=O)OC. The molecular weight excluding hydrogens is 402 g/mol. The first-order chi connectivity index (χ1) is 13.4. The van der Waals surface area contributed by atoms with E-state index < -0.39 is 17.2 Å². The van der Waals surface area contributed by atoms with Gasteiger partial charge in [0.2, 0.25) is 5.91 Å². The summed E-state index contributed by atoms with van der Waals surface area (Å²) >= 11 is 7.28. The Morgan fingerprint density at radius 3 is 2.25 bits per heavy atom. The van der Waals surface area contributed by atoms with Gasteiger partial charge in [-0.25, -0.2) is 9.59 Å². The number of rotatable bonds is 7. The molecule has 8 heteroatoms. The third kappa shape index (κ3) is 5.50. The quantitative estimate of drug-likeness (QED) is 0.526. The summed E-state index contributed by atoms with van der Waals surface area (Å²) in [6.07, 6.45) is 0.559. The van der Waals surface area contributed by atoms with E-state index in [1.807, 2.05) is 19.1 Å². The van der Waals surface area contributed by atoms with Gasteiger partial charge in [0, 0.05) is 9.92 Å². The van der Waals surface area contributed by atoms with Crippen molar-refractivity contribution in [3.63, 3.8) is 0 Å². The number of hydrogen-bond acceptors (Lipinski definition) is 6. The van der Waals surface area contributed by atoms with Gasteiger partial charge in [0.25, 0.3) is 0 Å². The van der Waals surface area contributed by atoms with Crippen molar-refractivity contribution in [3.05, 3.63) is 58.6 Å². The van der Waals surface area contributed by atoms with Gasteiger partial charge in [-0.3, -0.25) is 4.79 Å². The van der Waals surface area contributed by atoms with Crippen LogP contribution in [0.15, 0.2) is 47.4 Å². The number of thioether (sulfide) groups is 1. The zero-order valence-corrected chi connectivity index (χ0v) is 17.2. The van der Waals surface area contributed by atoms with Crippen LogP contribution >= 0.6 is 23.4 Å². The molecule has 6 nitrogen and oxygen atoms in total. The maximum Gasteiger partial charge on any atom is 0.339 e. The summed E-state index contributed by atoms with van der Waals surface area (Å²) in [7, 11) is 2.50. The third-order valence-electron chi connectivity index (χ3n) is 3.86. The Labute approximate surface area is 172 Å². The largest absolute Gasteiger partial charge is 0.465 e. The molecule has 0 saturated heterocycles. The Morgan fingerprint density at radius 1 is 1.04 bits per heavy atom. The lowest BCUT2D eigenvalue weighted by molar-refractivity contribution is -0.115. The van der Waals surface area contributed by atoms with E-state index in [0.717, 1.165) is 4.90 Å². The fraction of sp³-hybridized carbons (Fsp3) is 0.250. The Morgan fingerprint density at radius 2 is 1.68 bits per heavy atom. The lowest BCUT2D eigenvalue weighted by Gasteiger charge is -2.17. The minimum absolute atomic E-state index is 0.148. The second kappa shape index (κ2) is 10.1. The fourth-order valence-electron chi connectivity index (χ4n) is 2.39. The monoisotopic (exact) mass is 421 g/mol. The number of anilines is 1. The van der Waals surface area contributed by atoms with Crippen molar-refractivity contribution in [2.75, 3.05) is 19.5 Å². The smallest absolute Gasteiger partial charge is 0.339 e. The van der Waals surface area contributed by atoms with Gasteiger partial charge in [0.1, 0.15) is 0 Å². The standard InChI is InChI=1S/C20H20ClNO5S/c1-4-17(28-14-8-6-13(21)7-9-14)18(23)22-16-11-12(19(24)26-2)5-10-15(16)20(25)27-3/h5-11,17H,4H2,1-3H3,(H,22,23)/t17-/m0/s1. The Balaban J connectivity index is 2.27. The summed E-state index contributed by atoms with van der Waals surface area (Å²) < 4.78 is 9.45. The topological polar surface area (TPSA) is 81.7 Å². The van der Waals surface area contributed by atoms with Gasteiger partial charge >= 0.3 is 11.9 Å². The number of amides is 1. The number of esters is 2. The van der Waals surface area contributed by atoms with Crippen LogP contribution < -0.4 is 5.32 Å². The zero-order valence-electron chi connectivity index (χ0n) is 15.7. The van der Waals surface area contributed by atoms with Crippen molar-refractivity contribution in [3.8, 4) is 0 Å². The summed E-state index contributed by atoms with van der Waals surface area (Å²) in [6.45, 7) is 1.89. The van der Waals surface area contributed by atoms with E-state index in [0.29, 0.717) is 11.4 Å². The van der Waals surface area contributed by atoms with E-state index in [2.05, 4.69) is 5.32 Å². The lowest BCUT2D eigenvalue weighted by Crippen LogP contribution is -2.26. The predicted octanol–water partition coefficient (Wildman–Crippen LogP) is 4.42. The molecule has 0 aliphatic heterocycles. The maximum atomic E-state index is 12.8. The molecule has 0 saturated carbocycles. The minimum atomic E-state index is -0.620. The molecule has 0 aliphatic carbocycles. The highest BCUT2D eigenvalue weighted by atomic mass is 35.5. The summed E-state index contributed by atoms with van der Waals surface area (Å²) in [6, 6.07) is 11.4. The first-order valence-electron chi connectivity index (χ1n) is 8.43. The zero-order chi connectivity index (χ0) is 20.7. The molecule has 1 N–H and O–H groups in total. The molecule has 2 aromatic rings. The van der Waals surface area contributed by atoms with Crippen LogP contribution in [0.3, 0.4) is 0 Å². The maximum absolute atomic E-state index is 12.8. The number of halogens is 1. The number of carbonyl (C=O) groups excluding carboxylic acids is 3.